The summed E-state index contributed by atoms with van der Waals surface area (Å²) in [6, 6.07) is 20.3. The van der Waals surface area contributed by atoms with Gasteiger partial charge in [0.15, 0.2) is 0 Å². The van der Waals surface area contributed by atoms with Crippen molar-refractivity contribution in [2.24, 2.45) is 0 Å². The molecule has 184 valence electrons. The molecule has 9 nitrogen and oxygen atoms in total. The van der Waals surface area contributed by atoms with E-state index in [1.165, 1.54) is 7.05 Å². The van der Waals surface area contributed by atoms with Crippen LogP contribution in [0.3, 0.4) is 0 Å². The number of aromatic nitrogens is 1. The van der Waals surface area contributed by atoms with E-state index in [0.29, 0.717) is 50.6 Å². The number of nitrogens with two attached hydrogens (primary N) is 1. The van der Waals surface area contributed by atoms with Gasteiger partial charge >= 0.3 is 0 Å². The van der Waals surface area contributed by atoms with Crippen LogP contribution in [0.5, 0.6) is 0 Å². The van der Waals surface area contributed by atoms with E-state index in [2.05, 4.69) is 20.5 Å². The summed E-state index contributed by atoms with van der Waals surface area (Å²) in [6.07, 6.45) is 1.59. The van der Waals surface area contributed by atoms with E-state index in [-0.39, 0.29) is 10.8 Å². The number of benzene rings is 3. The van der Waals surface area contributed by atoms with Gasteiger partial charge in [-0.15, -0.1) is 0 Å². The lowest BCUT2D eigenvalue weighted by atomic mass is 9.98. The molecule has 0 unspecified atom stereocenters. The summed E-state index contributed by atoms with van der Waals surface area (Å²) in [5.74, 6) is -0.369. The van der Waals surface area contributed by atoms with E-state index in [1.54, 1.807) is 85.9 Å². The minimum atomic E-state index is -3.64. The predicted molar refractivity (Wildman–Crippen MR) is 140 cm³/mol. The van der Waals surface area contributed by atoms with Gasteiger partial charge in [0.1, 0.15) is 0 Å². The maximum atomic E-state index is 13.2. The first kappa shape index (κ1) is 24.9. The molecular weight excluding hydrogens is 478 g/mol. The van der Waals surface area contributed by atoms with Gasteiger partial charge in [-0.2, -0.15) is 0 Å². The highest BCUT2D eigenvalue weighted by atomic mass is 32.2. The van der Waals surface area contributed by atoms with Crippen LogP contribution in [-0.2, 0) is 10.0 Å². The van der Waals surface area contributed by atoms with Gasteiger partial charge in [0.05, 0.1) is 27.5 Å². The first-order valence-corrected chi connectivity index (χ1v) is 12.4. The molecule has 0 aliphatic heterocycles. The quantitative estimate of drug-likeness (QED) is 0.187. The largest absolute Gasteiger partial charge is 0.397 e. The molecule has 0 saturated heterocycles. The normalized spacial score (nSPS) is 11.2. The number of hydrogen-bond acceptors (Lipinski definition) is 7. The van der Waals surface area contributed by atoms with Crippen LogP contribution >= 0.6 is 0 Å². The average Bonchev–Trinajstić information content (AvgIpc) is 2.90. The summed E-state index contributed by atoms with van der Waals surface area (Å²) in [5.41, 5.74) is 12.8. The van der Waals surface area contributed by atoms with Crippen molar-refractivity contribution in [3.8, 4) is 22.4 Å². The fourth-order valence-corrected chi connectivity index (χ4v) is 4.82. The second-order valence-electron chi connectivity index (χ2n) is 7.95. The summed E-state index contributed by atoms with van der Waals surface area (Å²) in [5, 5.41) is 12.1. The van der Waals surface area contributed by atoms with Crippen LogP contribution in [-0.4, -0.2) is 31.6 Å². The molecule has 3 aromatic carbocycles. The molecule has 0 atom stereocenters. The Kier molecular flexibility index (Phi) is 7.02. The van der Waals surface area contributed by atoms with E-state index < -0.39 is 10.0 Å². The standard InChI is InChI=1S/C26H25N5O4S/c1-16-19(13-14-22(31-33)24(16)27)25-21(7-5-15-29-25)26(32)30-18-11-9-17(10-12-18)20-6-3-4-8-23(20)36(34,35)28-2/h3-15,28,31,33H,27H2,1-2H3,(H,30,32). The summed E-state index contributed by atoms with van der Waals surface area (Å²) in [7, 11) is -2.27. The van der Waals surface area contributed by atoms with Crippen molar-refractivity contribution in [3.05, 3.63) is 90.1 Å². The summed E-state index contributed by atoms with van der Waals surface area (Å²) in [4.78, 5) is 17.8. The molecule has 6 N–H and O–H groups in total. The molecule has 1 heterocycles. The number of anilines is 3. The van der Waals surface area contributed by atoms with Crippen LogP contribution in [0, 0.1) is 6.92 Å². The number of nitrogen functional groups attached to an aromatic ring is 1. The second kappa shape index (κ2) is 10.2. The fraction of sp³-hybridized carbons (Fsp3) is 0.0769. The van der Waals surface area contributed by atoms with E-state index in [9.17, 15) is 18.4 Å². The van der Waals surface area contributed by atoms with Crippen LogP contribution in [0.15, 0.2) is 83.9 Å². The number of nitrogens with zero attached hydrogens (tertiary/aromatic N) is 1. The smallest absolute Gasteiger partial charge is 0.257 e. The first-order chi connectivity index (χ1) is 17.3. The molecular formula is C26H25N5O4S. The van der Waals surface area contributed by atoms with E-state index >= 15 is 0 Å². The number of carbonyl (C=O) groups excluding carboxylic acids is 1. The zero-order valence-corrected chi connectivity index (χ0v) is 20.4. The van der Waals surface area contributed by atoms with Crippen LogP contribution in [0.1, 0.15) is 15.9 Å². The average molecular weight is 504 g/mol. The Morgan fingerprint density at radius 1 is 0.944 bits per heavy atom. The number of carbonyl (C=O) groups is 1. The van der Waals surface area contributed by atoms with Gasteiger partial charge in [0.25, 0.3) is 5.91 Å². The number of rotatable bonds is 7. The lowest BCUT2D eigenvalue weighted by molar-refractivity contribution is 0.102. The molecule has 4 rings (SSSR count). The van der Waals surface area contributed by atoms with E-state index in [4.69, 9.17) is 5.73 Å². The number of pyridine rings is 1. The Labute approximate surface area is 209 Å². The minimum absolute atomic E-state index is 0.168. The molecule has 0 bridgehead atoms. The highest BCUT2D eigenvalue weighted by Crippen LogP contribution is 2.33. The van der Waals surface area contributed by atoms with Crippen molar-refractivity contribution in [3.63, 3.8) is 0 Å². The van der Waals surface area contributed by atoms with Crippen LogP contribution in [0.2, 0.25) is 0 Å². The monoisotopic (exact) mass is 503 g/mol. The van der Waals surface area contributed by atoms with Crippen LogP contribution in [0.4, 0.5) is 17.1 Å². The van der Waals surface area contributed by atoms with Gasteiger partial charge in [-0.3, -0.25) is 20.5 Å². The number of hydrogen-bond donors (Lipinski definition) is 5. The zero-order chi connectivity index (χ0) is 25.9. The fourth-order valence-electron chi connectivity index (χ4n) is 3.87. The van der Waals surface area contributed by atoms with Crippen molar-refractivity contribution < 1.29 is 18.4 Å². The molecule has 1 aromatic heterocycles. The number of nitrogens with one attached hydrogen (secondary N) is 3. The molecule has 1 amide bonds. The van der Waals surface area contributed by atoms with Crippen LogP contribution < -0.4 is 21.3 Å². The third-order valence-corrected chi connectivity index (χ3v) is 7.31. The molecule has 0 fully saturated rings. The van der Waals surface area contributed by atoms with Crippen molar-refractivity contribution in [2.75, 3.05) is 23.6 Å². The second-order valence-corrected chi connectivity index (χ2v) is 9.80. The van der Waals surface area contributed by atoms with E-state index in [1.807, 2.05) is 0 Å². The summed E-state index contributed by atoms with van der Waals surface area (Å²) >= 11 is 0. The van der Waals surface area contributed by atoms with Gasteiger partial charge in [-0.1, -0.05) is 36.4 Å². The van der Waals surface area contributed by atoms with Gasteiger partial charge in [-0.05, 0) is 61.5 Å². The van der Waals surface area contributed by atoms with Crippen molar-refractivity contribution in [1.29, 1.82) is 0 Å². The van der Waals surface area contributed by atoms with Crippen molar-refractivity contribution in [2.45, 2.75) is 11.8 Å². The molecule has 0 aliphatic carbocycles. The molecule has 0 radical (unpaired) electrons. The molecule has 0 saturated carbocycles. The van der Waals surface area contributed by atoms with Crippen LogP contribution in [0.25, 0.3) is 22.4 Å². The molecule has 10 heteroatoms. The van der Waals surface area contributed by atoms with Crippen molar-refractivity contribution >= 4 is 33.0 Å². The highest BCUT2D eigenvalue weighted by Gasteiger charge is 2.19. The summed E-state index contributed by atoms with van der Waals surface area (Å²) < 4.78 is 27.1. The number of amides is 1. The predicted octanol–water partition coefficient (Wildman–Crippen LogP) is 4.27. The van der Waals surface area contributed by atoms with Gasteiger partial charge in [0.2, 0.25) is 10.0 Å². The maximum Gasteiger partial charge on any atom is 0.257 e. The van der Waals surface area contributed by atoms with Gasteiger partial charge in [0, 0.05) is 23.0 Å². The highest BCUT2D eigenvalue weighted by molar-refractivity contribution is 7.89. The minimum Gasteiger partial charge on any atom is -0.397 e. The Bertz CT molecular complexity index is 1540. The zero-order valence-electron chi connectivity index (χ0n) is 19.6. The SMILES string of the molecule is CNS(=O)(=O)c1ccccc1-c1ccc(NC(=O)c2cccnc2-c2ccc(NO)c(N)c2C)cc1. The van der Waals surface area contributed by atoms with E-state index in [0.717, 1.165) is 0 Å². The molecule has 0 spiro atoms. The molecule has 0 aliphatic rings. The lowest BCUT2D eigenvalue weighted by Crippen LogP contribution is -2.19. The van der Waals surface area contributed by atoms with Crippen molar-refractivity contribution in [1.82, 2.24) is 9.71 Å². The van der Waals surface area contributed by atoms with Gasteiger partial charge in [-0.25, -0.2) is 13.1 Å². The van der Waals surface area contributed by atoms with Gasteiger partial charge < -0.3 is 11.1 Å². The first-order valence-electron chi connectivity index (χ1n) is 11.0. The lowest BCUT2D eigenvalue weighted by Gasteiger charge is -2.15. The number of sulfonamides is 1. The topological polar surface area (TPSA) is 146 Å². The Hall–Kier alpha value is -4.25. The maximum absolute atomic E-state index is 13.2. The summed E-state index contributed by atoms with van der Waals surface area (Å²) in [6.45, 7) is 1.78. The molecule has 36 heavy (non-hydrogen) atoms. The molecule has 4 aromatic rings. The Morgan fingerprint density at radius 3 is 2.36 bits per heavy atom. The Morgan fingerprint density at radius 2 is 1.67 bits per heavy atom. The third kappa shape index (κ3) is 4.78. The Balaban J connectivity index is 1.63. The third-order valence-electron chi connectivity index (χ3n) is 5.84.